The maximum atomic E-state index is 14.2. The lowest BCUT2D eigenvalue weighted by molar-refractivity contribution is 0.140. The molecule has 0 amide bonds. The monoisotopic (exact) mass is 238 g/mol. The molecule has 3 nitrogen and oxygen atoms in total. The summed E-state index contributed by atoms with van der Waals surface area (Å²) in [5.41, 5.74) is -1.26. The molecule has 1 fully saturated rings. The molecule has 0 spiro atoms. The van der Waals surface area contributed by atoms with E-state index in [2.05, 4.69) is 0 Å². The highest BCUT2D eigenvalue weighted by Crippen LogP contribution is 2.52. The molecule has 17 heavy (non-hydrogen) atoms. The van der Waals surface area contributed by atoms with Crippen molar-refractivity contribution in [3.8, 4) is 11.5 Å². The standard InChI is InChI=1S/C13H15FO3/c1-12(2,14)8-5-10-11(17-7-16-10)6-9(8)13(15)3-4-13/h5-6,15H,3-4,7H2,1-2H3. The second-order valence-corrected chi connectivity index (χ2v) is 5.26. The third-order valence-electron chi connectivity index (χ3n) is 3.38. The minimum atomic E-state index is -1.51. The van der Waals surface area contributed by atoms with Gasteiger partial charge in [-0.15, -0.1) is 0 Å². The molecule has 0 saturated heterocycles. The van der Waals surface area contributed by atoms with E-state index in [-0.39, 0.29) is 6.79 Å². The maximum Gasteiger partial charge on any atom is 0.231 e. The first-order valence-electron chi connectivity index (χ1n) is 5.76. The Morgan fingerprint density at radius 3 is 2.35 bits per heavy atom. The van der Waals surface area contributed by atoms with Gasteiger partial charge in [-0.2, -0.15) is 0 Å². The van der Waals surface area contributed by atoms with Gasteiger partial charge < -0.3 is 14.6 Å². The van der Waals surface area contributed by atoms with Crippen molar-refractivity contribution in [2.45, 2.75) is 38.0 Å². The Labute approximate surface area is 99.2 Å². The number of hydrogen-bond acceptors (Lipinski definition) is 3. The van der Waals surface area contributed by atoms with Crippen LogP contribution in [0.4, 0.5) is 4.39 Å². The summed E-state index contributed by atoms with van der Waals surface area (Å²) in [6.45, 7) is 3.13. The Bertz CT molecular complexity index is 440. The van der Waals surface area contributed by atoms with E-state index in [9.17, 15) is 9.50 Å². The van der Waals surface area contributed by atoms with Gasteiger partial charge in [-0.1, -0.05) is 0 Å². The number of benzene rings is 1. The van der Waals surface area contributed by atoms with Crippen LogP contribution in [0.3, 0.4) is 0 Å². The molecule has 1 aliphatic carbocycles. The van der Waals surface area contributed by atoms with Crippen LogP contribution in [0.15, 0.2) is 12.1 Å². The number of fused-ring (bicyclic) bond motifs is 1. The van der Waals surface area contributed by atoms with Crippen molar-refractivity contribution in [1.82, 2.24) is 0 Å². The molecule has 0 unspecified atom stereocenters. The van der Waals surface area contributed by atoms with Crippen molar-refractivity contribution in [2.24, 2.45) is 0 Å². The molecule has 0 radical (unpaired) electrons. The first-order valence-corrected chi connectivity index (χ1v) is 5.76. The Balaban J connectivity index is 2.18. The molecule has 1 aromatic carbocycles. The Kier molecular flexibility index (Phi) is 2.00. The topological polar surface area (TPSA) is 38.7 Å². The van der Waals surface area contributed by atoms with E-state index < -0.39 is 11.3 Å². The fourth-order valence-electron chi connectivity index (χ4n) is 2.21. The van der Waals surface area contributed by atoms with Crippen LogP contribution in [0, 0.1) is 0 Å². The van der Waals surface area contributed by atoms with Crippen LogP contribution in [0.2, 0.25) is 0 Å². The summed E-state index contributed by atoms with van der Waals surface area (Å²) in [7, 11) is 0. The highest BCUT2D eigenvalue weighted by Gasteiger charge is 2.46. The lowest BCUT2D eigenvalue weighted by Gasteiger charge is -2.22. The molecule has 1 saturated carbocycles. The van der Waals surface area contributed by atoms with Gasteiger partial charge in [-0.25, -0.2) is 4.39 Å². The zero-order valence-electron chi connectivity index (χ0n) is 9.92. The van der Waals surface area contributed by atoms with Crippen LogP contribution in [-0.2, 0) is 11.3 Å². The second kappa shape index (κ2) is 3.13. The van der Waals surface area contributed by atoms with Gasteiger partial charge in [0.15, 0.2) is 11.5 Å². The van der Waals surface area contributed by atoms with E-state index in [1.807, 2.05) is 0 Å². The quantitative estimate of drug-likeness (QED) is 0.860. The Hall–Kier alpha value is -1.29. The number of ether oxygens (including phenoxy) is 2. The van der Waals surface area contributed by atoms with Crippen molar-refractivity contribution in [2.75, 3.05) is 6.79 Å². The number of aliphatic hydroxyl groups is 1. The molecule has 1 N–H and O–H groups in total. The van der Waals surface area contributed by atoms with Crippen LogP contribution in [0.25, 0.3) is 0 Å². The third kappa shape index (κ3) is 1.67. The summed E-state index contributed by atoms with van der Waals surface area (Å²) in [6, 6.07) is 3.36. The van der Waals surface area contributed by atoms with Crippen LogP contribution in [0.1, 0.15) is 37.8 Å². The lowest BCUT2D eigenvalue weighted by atomic mass is 9.90. The molecule has 92 valence electrons. The first kappa shape index (κ1) is 10.8. The molecular weight excluding hydrogens is 223 g/mol. The van der Waals surface area contributed by atoms with Crippen molar-refractivity contribution < 1.29 is 19.0 Å². The average molecular weight is 238 g/mol. The van der Waals surface area contributed by atoms with E-state index >= 15 is 0 Å². The summed E-state index contributed by atoms with van der Waals surface area (Å²) >= 11 is 0. The first-order chi connectivity index (χ1) is 7.90. The van der Waals surface area contributed by atoms with Crippen LogP contribution >= 0.6 is 0 Å². The normalized spacial score (nSPS) is 20.5. The fourth-order valence-corrected chi connectivity index (χ4v) is 2.21. The van der Waals surface area contributed by atoms with Crippen LogP contribution in [-0.4, -0.2) is 11.9 Å². The van der Waals surface area contributed by atoms with Crippen molar-refractivity contribution >= 4 is 0 Å². The van der Waals surface area contributed by atoms with E-state index in [0.717, 1.165) is 0 Å². The maximum absolute atomic E-state index is 14.2. The highest BCUT2D eigenvalue weighted by atomic mass is 19.1. The molecule has 3 rings (SSSR count). The van der Waals surface area contributed by atoms with Gasteiger partial charge in [0, 0.05) is 0 Å². The Morgan fingerprint density at radius 1 is 1.24 bits per heavy atom. The van der Waals surface area contributed by atoms with Crippen LogP contribution in [0.5, 0.6) is 11.5 Å². The third-order valence-corrected chi connectivity index (χ3v) is 3.38. The number of halogens is 1. The van der Waals surface area contributed by atoms with Gasteiger partial charge in [0.25, 0.3) is 0 Å². The summed E-state index contributed by atoms with van der Waals surface area (Å²) in [4.78, 5) is 0. The number of hydrogen-bond donors (Lipinski definition) is 1. The minimum Gasteiger partial charge on any atom is -0.454 e. The zero-order valence-corrected chi connectivity index (χ0v) is 9.92. The largest absolute Gasteiger partial charge is 0.454 e. The molecular formula is C13H15FO3. The predicted octanol–water partition coefficient (Wildman–Crippen LogP) is 2.60. The van der Waals surface area contributed by atoms with E-state index in [1.54, 1.807) is 12.1 Å². The second-order valence-electron chi connectivity index (χ2n) is 5.26. The fraction of sp³-hybridized carbons (Fsp3) is 0.538. The van der Waals surface area contributed by atoms with Gasteiger partial charge in [-0.05, 0) is 49.9 Å². The summed E-state index contributed by atoms with van der Waals surface area (Å²) in [5.74, 6) is 1.15. The molecule has 0 aromatic heterocycles. The smallest absolute Gasteiger partial charge is 0.231 e. The van der Waals surface area contributed by atoms with Gasteiger partial charge >= 0.3 is 0 Å². The molecule has 0 atom stereocenters. The molecule has 1 aromatic rings. The predicted molar refractivity (Wildman–Crippen MR) is 59.8 cm³/mol. The molecule has 2 aliphatic rings. The average Bonchev–Trinajstić information content (AvgIpc) is 2.83. The summed E-state index contributed by atoms with van der Waals surface area (Å²) < 4.78 is 24.7. The van der Waals surface area contributed by atoms with Gasteiger partial charge in [0.05, 0.1) is 5.60 Å². The van der Waals surface area contributed by atoms with E-state index in [0.29, 0.717) is 35.5 Å². The summed E-state index contributed by atoms with van der Waals surface area (Å²) in [5, 5.41) is 10.2. The molecule has 1 heterocycles. The van der Waals surface area contributed by atoms with Gasteiger partial charge in [-0.3, -0.25) is 0 Å². The highest BCUT2D eigenvalue weighted by molar-refractivity contribution is 5.53. The van der Waals surface area contributed by atoms with E-state index in [1.165, 1.54) is 13.8 Å². The Morgan fingerprint density at radius 2 is 1.82 bits per heavy atom. The van der Waals surface area contributed by atoms with E-state index in [4.69, 9.17) is 9.47 Å². The number of alkyl halides is 1. The van der Waals surface area contributed by atoms with Crippen molar-refractivity contribution in [1.29, 1.82) is 0 Å². The van der Waals surface area contributed by atoms with Crippen molar-refractivity contribution in [3.63, 3.8) is 0 Å². The molecule has 1 aliphatic heterocycles. The SMILES string of the molecule is CC(C)(F)c1cc2c(cc1C1(O)CC1)OCO2. The minimum absolute atomic E-state index is 0.156. The number of rotatable bonds is 2. The lowest BCUT2D eigenvalue weighted by Crippen LogP contribution is -2.17. The molecule has 0 bridgehead atoms. The van der Waals surface area contributed by atoms with Gasteiger partial charge in [0.2, 0.25) is 6.79 Å². The zero-order chi connectivity index (χ0) is 12.3. The molecule has 4 heteroatoms. The van der Waals surface area contributed by atoms with Gasteiger partial charge in [0.1, 0.15) is 5.67 Å². The van der Waals surface area contributed by atoms with Crippen LogP contribution < -0.4 is 9.47 Å². The van der Waals surface area contributed by atoms with Crippen molar-refractivity contribution in [3.05, 3.63) is 23.3 Å². The summed E-state index contributed by atoms with van der Waals surface area (Å²) in [6.07, 6.45) is 1.35.